The summed E-state index contributed by atoms with van der Waals surface area (Å²) in [6.45, 7) is 0. The van der Waals surface area contributed by atoms with Gasteiger partial charge in [0.15, 0.2) is 20.0 Å². The van der Waals surface area contributed by atoms with Crippen LogP contribution in [0.5, 0.6) is 11.5 Å². The lowest BCUT2D eigenvalue weighted by Gasteiger charge is -2.14. The lowest BCUT2D eigenvalue weighted by atomic mass is 10.3. The van der Waals surface area contributed by atoms with E-state index in [4.69, 9.17) is 9.68 Å². The summed E-state index contributed by atoms with van der Waals surface area (Å²) in [6, 6.07) is 18.6. The molecule has 21 heavy (non-hydrogen) atoms. The molecule has 0 aliphatic rings. The van der Waals surface area contributed by atoms with E-state index < -0.39 is 8.08 Å². The fourth-order valence-electron chi connectivity index (χ4n) is 1.51. The monoisotopic (exact) mass is 339 g/mol. The van der Waals surface area contributed by atoms with Crippen molar-refractivity contribution in [1.82, 2.24) is 13.0 Å². The van der Waals surface area contributed by atoms with Crippen molar-refractivity contribution < 1.29 is 14.6 Å². The van der Waals surface area contributed by atoms with Crippen molar-refractivity contribution in [3.63, 3.8) is 0 Å². The highest BCUT2D eigenvalue weighted by Gasteiger charge is 2.06. The van der Waals surface area contributed by atoms with Crippen molar-refractivity contribution in [2.45, 2.75) is 0 Å². The quantitative estimate of drug-likeness (QED) is 0.784. The van der Waals surface area contributed by atoms with Gasteiger partial charge >= 0.3 is 0 Å². The van der Waals surface area contributed by atoms with Crippen LogP contribution < -0.4 is 9.68 Å². The number of hydrogen-bond acceptors (Lipinski definition) is 4. The lowest BCUT2D eigenvalue weighted by molar-refractivity contribution is 0.236. The van der Waals surface area contributed by atoms with Gasteiger partial charge in [0.25, 0.3) is 8.08 Å². The summed E-state index contributed by atoms with van der Waals surface area (Å²) in [5.74, 6) is 1.30. The number of nitrogens with zero attached hydrogens (tertiary/aromatic N) is 3. The van der Waals surface area contributed by atoms with Gasteiger partial charge in [0, 0.05) is 0 Å². The zero-order valence-corrected chi connectivity index (χ0v) is 13.6. The minimum absolute atomic E-state index is 0.0262. The van der Waals surface area contributed by atoms with Crippen molar-refractivity contribution in [3.05, 3.63) is 60.7 Å². The molecule has 0 amide bonds. The van der Waals surface area contributed by atoms with Crippen LogP contribution in [0.25, 0.3) is 0 Å². The topological polar surface area (TPSA) is 61.4 Å². The van der Waals surface area contributed by atoms with Crippen LogP contribution in [0.1, 0.15) is 0 Å². The van der Waals surface area contributed by atoms with Gasteiger partial charge in [-0.25, -0.2) is 0 Å². The van der Waals surface area contributed by atoms with Crippen LogP contribution in [0.15, 0.2) is 60.7 Å². The molecule has 0 saturated carbocycles. The average molecular weight is 339 g/mol. The van der Waals surface area contributed by atoms with Gasteiger partial charge in [-0.3, -0.25) is 0 Å². The minimum Gasteiger partial charge on any atom is -0.365 e. The Morgan fingerprint density at radius 2 is 1.52 bits per heavy atom. The van der Waals surface area contributed by atoms with Gasteiger partial charge in [0.1, 0.15) is 0 Å². The molecular weight excluding hydrogens is 327 g/mol. The van der Waals surface area contributed by atoms with Crippen molar-refractivity contribution in [2.75, 3.05) is 0 Å². The first-order valence-electron chi connectivity index (χ1n) is 6.04. The fraction of sp³-hybridized carbons (Fsp3) is 0. The first-order chi connectivity index (χ1) is 10.3. The Hall–Kier alpha value is -1.70. The molecule has 0 spiro atoms. The first-order valence-corrected chi connectivity index (χ1v) is 8.94. The summed E-state index contributed by atoms with van der Waals surface area (Å²) in [4.78, 5) is 21.6. The lowest BCUT2D eigenvalue weighted by Crippen LogP contribution is -2.08. The van der Waals surface area contributed by atoms with Crippen LogP contribution in [-0.4, -0.2) is 17.9 Å². The number of aromatic nitrogens is 3. The van der Waals surface area contributed by atoms with Gasteiger partial charge in [0.05, 0.1) is 8.51 Å². The van der Waals surface area contributed by atoms with Gasteiger partial charge in [-0.05, 0) is 24.3 Å². The normalized spacial score (nSPS) is 11.8. The summed E-state index contributed by atoms with van der Waals surface area (Å²) in [6.07, 6.45) is 0. The van der Waals surface area contributed by atoms with E-state index in [9.17, 15) is 4.89 Å². The van der Waals surface area contributed by atoms with Crippen LogP contribution in [-0.2, 0) is 0 Å². The number of para-hydroxylation sites is 2. The van der Waals surface area contributed by atoms with E-state index >= 15 is 0 Å². The Morgan fingerprint density at radius 3 is 2.14 bits per heavy atom. The third-order valence-corrected chi connectivity index (χ3v) is 5.96. The molecule has 108 valence electrons. The summed E-state index contributed by atoms with van der Waals surface area (Å²) < 4.78 is 7.07. The second kappa shape index (κ2) is 6.84. The van der Waals surface area contributed by atoms with Crippen LogP contribution in [0.2, 0.25) is 0 Å². The summed E-state index contributed by atoms with van der Waals surface area (Å²) >= 11 is 0. The maximum Gasteiger partial charge on any atom is 0.253 e. The molecule has 1 aromatic heterocycles. The second-order valence-electron chi connectivity index (χ2n) is 3.89. The average Bonchev–Trinajstić information content (AvgIpc) is 2.53. The molecule has 6 nitrogen and oxygen atoms in total. The molecule has 2 atom stereocenters. The molecule has 1 N–H and O–H groups in total. The molecule has 2 unspecified atom stereocenters. The van der Waals surface area contributed by atoms with E-state index in [0.717, 1.165) is 0 Å². The summed E-state index contributed by atoms with van der Waals surface area (Å²) in [7, 11) is -1.14. The molecule has 0 fully saturated rings. The second-order valence-corrected chi connectivity index (χ2v) is 7.80. The number of rotatable bonds is 4. The van der Waals surface area contributed by atoms with E-state index in [-0.39, 0.29) is 8.51 Å². The van der Waals surface area contributed by atoms with Gasteiger partial charge < -0.3 is 14.6 Å². The minimum atomic E-state index is -1.74. The van der Waals surface area contributed by atoms with E-state index in [1.165, 1.54) is 8.51 Å². The Labute approximate surface area is 125 Å². The van der Waals surface area contributed by atoms with Crippen molar-refractivity contribution >= 4 is 25.1 Å². The Kier molecular flexibility index (Phi) is 4.64. The van der Waals surface area contributed by atoms with Gasteiger partial charge in [-0.2, -0.15) is 4.51 Å². The molecule has 3 aromatic rings. The van der Waals surface area contributed by atoms with E-state index in [1.54, 1.807) is 0 Å². The van der Waals surface area contributed by atoms with Gasteiger partial charge in [-0.1, -0.05) is 40.7 Å². The Morgan fingerprint density at radius 1 is 0.952 bits per heavy atom. The zero-order valence-electron chi connectivity index (χ0n) is 10.8. The molecule has 0 saturated heterocycles. The highest BCUT2D eigenvalue weighted by Crippen LogP contribution is 2.30. The van der Waals surface area contributed by atoms with E-state index in [2.05, 4.69) is 4.51 Å². The molecule has 0 radical (unpaired) electrons. The summed E-state index contributed by atoms with van der Waals surface area (Å²) in [5.41, 5.74) is 0. The summed E-state index contributed by atoms with van der Waals surface area (Å²) in [5, 5.41) is 0. The first kappa shape index (κ1) is 14.2. The maximum absolute atomic E-state index is 10.4. The van der Waals surface area contributed by atoms with Gasteiger partial charge in [0.2, 0.25) is 0 Å². The van der Waals surface area contributed by atoms with Crippen LogP contribution in [0.3, 0.4) is 0 Å². The highest BCUT2D eigenvalue weighted by molar-refractivity contribution is 7.50. The van der Waals surface area contributed by atoms with Crippen LogP contribution in [0.4, 0.5) is 0 Å². The molecule has 1 heterocycles. The molecule has 2 aromatic carbocycles. The van der Waals surface area contributed by atoms with Crippen molar-refractivity contribution in [3.8, 4) is 11.5 Å². The van der Waals surface area contributed by atoms with Crippen molar-refractivity contribution in [2.24, 2.45) is 0 Å². The van der Waals surface area contributed by atoms with Gasteiger partial charge in [-0.15, -0.1) is 4.26 Å². The molecule has 3 rings (SSSR count). The molecule has 0 aliphatic heterocycles. The SMILES string of the molecule is Op1n(Oc2ccccc2)pn[pH]n1Oc1ccccc1. The molecule has 0 bridgehead atoms. The third kappa shape index (κ3) is 3.69. The standard InChI is InChI=1S/C12H12N3O3P3/c16-21-14(17-11-7-3-1-4-8-11)19-13-20-15(21)18-12-9-5-2-6-10-12/h1-10,16,19H. The highest BCUT2D eigenvalue weighted by atomic mass is 31.2. The predicted molar refractivity (Wildman–Crippen MR) is 85.1 cm³/mol. The van der Waals surface area contributed by atoms with Crippen molar-refractivity contribution in [1.29, 1.82) is 0 Å². The fourth-order valence-corrected chi connectivity index (χ4v) is 5.05. The Balaban J connectivity index is 1.85. The third-order valence-electron chi connectivity index (χ3n) is 2.43. The van der Waals surface area contributed by atoms with Crippen LogP contribution in [0, 0.1) is 0 Å². The zero-order chi connectivity index (χ0) is 14.5. The smallest absolute Gasteiger partial charge is 0.253 e. The van der Waals surface area contributed by atoms with E-state index in [0.29, 0.717) is 20.0 Å². The number of hydrogen-bond donors (Lipinski definition) is 1. The molecule has 9 heteroatoms. The van der Waals surface area contributed by atoms with Crippen LogP contribution >= 0.6 is 25.1 Å². The largest absolute Gasteiger partial charge is 0.365 e. The maximum atomic E-state index is 10.4. The Bertz CT molecular complexity index is 672. The molecular formula is C12H12N3O3P3. The number of benzene rings is 2. The van der Waals surface area contributed by atoms with E-state index in [1.807, 2.05) is 60.7 Å². The predicted octanol–water partition coefficient (Wildman–Crippen LogP) is 3.85. The molecule has 0 aliphatic carbocycles.